The number of anilines is 5. The van der Waals surface area contributed by atoms with Crippen LogP contribution in [0, 0.1) is 5.82 Å². The SMILES string of the molecule is C=CC(=O)Nc1cc(Nc2cc(N3OCCC3c3cc(F)cc(Oc4ccccc4)c3)ncn2)c(OC)cc1N1CCN(C)CC1. The molecule has 46 heavy (non-hydrogen) atoms. The monoisotopic (exact) mass is 625 g/mol. The highest BCUT2D eigenvalue weighted by molar-refractivity contribution is 6.02. The molecule has 11 nitrogen and oxygen atoms in total. The van der Waals surface area contributed by atoms with E-state index in [1.54, 1.807) is 18.2 Å². The van der Waals surface area contributed by atoms with Crippen LogP contribution in [0.25, 0.3) is 0 Å². The van der Waals surface area contributed by atoms with Crippen LogP contribution in [0.1, 0.15) is 18.0 Å². The van der Waals surface area contributed by atoms with Gasteiger partial charge in [-0.25, -0.2) is 19.4 Å². The van der Waals surface area contributed by atoms with Gasteiger partial charge in [-0.3, -0.25) is 9.63 Å². The summed E-state index contributed by atoms with van der Waals surface area (Å²) >= 11 is 0. The number of hydrogen-bond acceptors (Lipinski definition) is 10. The number of carbonyl (C=O) groups is 1. The highest BCUT2D eigenvalue weighted by atomic mass is 19.1. The molecule has 0 radical (unpaired) electrons. The van der Waals surface area contributed by atoms with Crippen molar-refractivity contribution in [2.24, 2.45) is 0 Å². The van der Waals surface area contributed by atoms with E-state index in [0.29, 0.717) is 58.9 Å². The Hall–Kier alpha value is -5.20. The summed E-state index contributed by atoms with van der Waals surface area (Å²) in [5.74, 6) is 1.82. The summed E-state index contributed by atoms with van der Waals surface area (Å²) in [6.07, 6.45) is 3.29. The van der Waals surface area contributed by atoms with Gasteiger partial charge in [0.1, 0.15) is 35.2 Å². The number of benzene rings is 3. The number of methoxy groups -OCH3 is 1. The fourth-order valence-corrected chi connectivity index (χ4v) is 5.56. The largest absolute Gasteiger partial charge is 0.494 e. The summed E-state index contributed by atoms with van der Waals surface area (Å²) in [6, 6.07) is 19.1. The zero-order valence-corrected chi connectivity index (χ0v) is 25.8. The van der Waals surface area contributed by atoms with E-state index in [9.17, 15) is 9.18 Å². The molecule has 3 aromatic carbocycles. The Labute approximate surface area is 267 Å². The van der Waals surface area contributed by atoms with Crippen molar-refractivity contribution in [3.8, 4) is 17.2 Å². The number of nitrogens with zero attached hydrogens (tertiary/aromatic N) is 5. The highest BCUT2D eigenvalue weighted by Crippen LogP contribution is 2.40. The second-order valence-corrected chi connectivity index (χ2v) is 11.0. The van der Waals surface area contributed by atoms with Gasteiger partial charge in [-0.2, -0.15) is 0 Å². The van der Waals surface area contributed by atoms with Crippen LogP contribution in [0.5, 0.6) is 17.2 Å². The first-order chi connectivity index (χ1) is 22.4. The number of carbonyl (C=O) groups excluding carboxylic acids is 1. The van der Waals surface area contributed by atoms with Crippen LogP contribution in [-0.4, -0.2) is 67.7 Å². The van der Waals surface area contributed by atoms with Crippen LogP contribution in [0.2, 0.25) is 0 Å². The Morgan fingerprint density at radius 1 is 1.02 bits per heavy atom. The van der Waals surface area contributed by atoms with Crippen LogP contribution in [0.15, 0.2) is 85.7 Å². The second kappa shape index (κ2) is 13.8. The van der Waals surface area contributed by atoms with Crippen molar-refractivity contribution in [1.82, 2.24) is 14.9 Å². The number of aromatic nitrogens is 2. The van der Waals surface area contributed by atoms with E-state index in [0.717, 1.165) is 31.9 Å². The smallest absolute Gasteiger partial charge is 0.247 e. The van der Waals surface area contributed by atoms with Crippen molar-refractivity contribution in [3.05, 3.63) is 97.1 Å². The molecule has 1 atom stereocenters. The molecule has 0 aliphatic carbocycles. The minimum atomic E-state index is -0.410. The van der Waals surface area contributed by atoms with Gasteiger partial charge in [-0.15, -0.1) is 0 Å². The van der Waals surface area contributed by atoms with Crippen LogP contribution in [0.3, 0.4) is 0 Å². The lowest BCUT2D eigenvalue weighted by Crippen LogP contribution is -2.44. The van der Waals surface area contributed by atoms with Gasteiger partial charge < -0.3 is 29.9 Å². The molecule has 12 heteroatoms. The standard InChI is InChI=1S/C34H36FN7O4/c1-4-34(43)39-27-19-28(31(44-3)20-30(27)41-13-11-40(2)12-14-41)38-32-21-33(37-22-36-32)42-29(10-15-45-42)23-16-24(35)18-26(17-23)46-25-8-6-5-7-9-25/h4-9,16-22,29H,1,10-15H2,2-3H3,(H,39,43)(H,36,37,38). The molecule has 2 saturated heterocycles. The average Bonchev–Trinajstić information content (AvgIpc) is 3.56. The Kier molecular flexibility index (Phi) is 9.27. The van der Waals surface area contributed by atoms with Gasteiger partial charge in [0.2, 0.25) is 5.91 Å². The van der Waals surface area contributed by atoms with Crippen LogP contribution >= 0.6 is 0 Å². The number of para-hydroxylation sites is 1. The Morgan fingerprint density at radius 2 is 1.83 bits per heavy atom. The zero-order valence-electron chi connectivity index (χ0n) is 25.8. The Morgan fingerprint density at radius 3 is 2.59 bits per heavy atom. The second-order valence-electron chi connectivity index (χ2n) is 11.0. The van der Waals surface area contributed by atoms with Crippen molar-refractivity contribution in [1.29, 1.82) is 0 Å². The summed E-state index contributed by atoms with van der Waals surface area (Å²) in [5.41, 5.74) is 2.76. The highest BCUT2D eigenvalue weighted by Gasteiger charge is 2.30. The van der Waals surface area contributed by atoms with Gasteiger partial charge >= 0.3 is 0 Å². The van der Waals surface area contributed by atoms with Crippen molar-refractivity contribution in [3.63, 3.8) is 0 Å². The molecule has 4 aromatic rings. The van der Waals surface area contributed by atoms with Gasteiger partial charge in [0.25, 0.3) is 0 Å². The topological polar surface area (TPSA) is 104 Å². The van der Waals surface area contributed by atoms with E-state index >= 15 is 0 Å². The van der Waals surface area contributed by atoms with Crippen molar-refractivity contribution >= 4 is 34.6 Å². The molecule has 6 rings (SSSR count). The lowest BCUT2D eigenvalue weighted by atomic mass is 10.0. The molecule has 1 amide bonds. The van der Waals surface area contributed by atoms with E-state index in [1.165, 1.54) is 24.5 Å². The van der Waals surface area contributed by atoms with E-state index in [1.807, 2.05) is 48.5 Å². The average molecular weight is 626 g/mol. The molecular formula is C34H36FN7O4. The minimum Gasteiger partial charge on any atom is -0.494 e. The van der Waals surface area contributed by atoms with Gasteiger partial charge in [0.05, 0.1) is 36.8 Å². The third-order valence-electron chi connectivity index (χ3n) is 7.91. The third-order valence-corrected chi connectivity index (χ3v) is 7.91. The number of piperazine rings is 1. The van der Waals surface area contributed by atoms with Crippen LogP contribution in [-0.2, 0) is 9.63 Å². The Balaban J connectivity index is 1.26. The van der Waals surface area contributed by atoms with Gasteiger partial charge in [-0.1, -0.05) is 24.8 Å². The van der Waals surface area contributed by atoms with Gasteiger partial charge in [-0.05, 0) is 49.0 Å². The number of nitrogens with one attached hydrogen (secondary N) is 2. The van der Waals surface area contributed by atoms with Crippen molar-refractivity contribution in [2.75, 3.05) is 67.5 Å². The Bertz CT molecular complexity index is 1700. The lowest BCUT2D eigenvalue weighted by Gasteiger charge is -2.35. The van der Waals surface area contributed by atoms with Crippen molar-refractivity contribution < 1.29 is 23.5 Å². The number of rotatable bonds is 10. The van der Waals surface area contributed by atoms with E-state index in [2.05, 4.69) is 44.0 Å². The molecule has 0 spiro atoms. The normalized spacial score (nSPS) is 16.6. The number of ether oxygens (including phenoxy) is 2. The van der Waals surface area contributed by atoms with E-state index in [4.69, 9.17) is 14.3 Å². The fourth-order valence-electron chi connectivity index (χ4n) is 5.56. The fraction of sp³-hybridized carbons (Fsp3) is 0.265. The van der Waals surface area contributed by atoms with E-state index in [-0.39, 0.29) is 11.9 Å². The molecule has 2 aliphatic heterocycles. The number of amides is 1. The summed E-state index contributed by atoms with van der Waals surface area (Å²) < 4.78 is 26.5. The predicted octanol–water partition coefficient (Wildman–Crippen LogP) is 5.92. The summed E-state index contributed by atoms with van der Waals surface area (Å²) in [6.45, 7) is 7.44. The quantitative estimate of drug-likeness (QED) is 0.207. The van der Waals surface area contributed by atoms with Crippen molar-refractivity contribution in [2.45, 2.75) is 12.5 Å². The lowest BCUT2D eigenvalue weighted by molar-refractivity contribution is -0.111. The first kappa shape index (κ1) is 30.8. The predicted molar refractivity (Wildman–Crippen MR) is 176 cm³/mol. The van der Waals surface area contributed by atoms with Crippen LogP contribution in [0.4, 0.5) is 33.1 Å². The first-order valence-corrected chi connectivity index (χ1v) is 15.0. The van der Waals surface area contributed by atoms with Crippen LogP contribution < -0.4 is 30.1 Å². The zero-order chi connectivity index (χ0) is 32.0. The van der Waals surface area contributed by atoms with Gasteiger partial charge in [0, 0.05) is 50.8 Å². The number of hydroxylamine groups is 1. The molecule has 1 aromatic heterocycles. The maximum absolute atomic E-state index is 14.8. The first-order valence-electron chi connectivity index (χ1n) is 15.0. The molecular weight excluding hydrogens is 589 g/mol. The van der Waals surface area contributed by atoms with Gasteiger partial charge in [0.15, 0.2) is 5.82 Å². The summed E-state index contributed by atoms with van der Waals surface area (Å²) in [7, 11) is 3.69. The maximum Gasteiger partial charge on any atom is 0.247 e. The number of likely N-dealkylation sites (N-methyl/N-ethyl adjacent to an activating group) is 1. The van der Waals surface area contributed by atoms with E-state index < -0.39 is 5.82 Å². The molecule has 3 heterocycles. The maximum atomic E-state index is 14.8. The molecule has 2 fully saturated rings. The third kappa shape index (κ3) is 7.03. The summed E-state index contributed by atoms with van der Waals surface area (Å²) in [5, 5.41) is 7.92. The molecule has 0 saturated carbocycles. The minimum absolute atomic E-state index is 0.310. The number of hydrogen-bond donors (Lipinski definition) is 2. The number of halogens is 1. The molecule has 238 valence electrons. The molecule has 2 N–H and O–H groups in total. The molecule has 2 aliphatic rings. The molecule has 1 unspecified atom stereocenters. The molecule has 0 bridgehead atoms. The summed E-state index contributed by atoms with van der Waals surface area (Å²) in [4.78, 5) is 31.7.